The predicted molar refractivity (Wildman–Crippen MR) is 63.0 cm³/mol. The lowest BCUT2D eigenvalue weighted by molar-refractivity contribution is 0.0930. The Hall–Kier alpha value is -0.0800. The lowest BCUT2D eigenvalue weighted by atomic mass is 9.81. The van der Waals surface area contributed by atoms with Gasteiger partial charge in [-0.2, -0.15) is 0 Å². The smallest absolute Gasteiger partial charge is 0.0576 e. The summed E-state index contributed by atoms with van der Waals surface area (Å²) in [6.07, 6.45) is 11.5. The summed E-state index contributed by atoms with van der Waals surface area (Å²) in [4.78, 5) is 0. The highest BCUT2D eigenvalue weighted by Gasteiger charge is 2.25. The standard InChI is InChI=1S/C13H25NO/c1-14-13-7-3-2-5-11(13)8-9-12-6-4-10-15-12/h11-14H,2-10H2,1H3. The molecule has 2 heteroatoms. The molecule has 1 aliphatic carbocycles. The Morgan fingerprint density at radius 1 is 1.07 bits per heavy atom. The molecule has 0 aromatic carbocycles. The zero-order valence-electron chi connectivity index (χ0n) is 10.0. The van der Waals surface area contributed by atoms with E-state index >= 15 is 0 Å². The van der Waals surface area contributed by atoms with Gasteiger partial charge in [0.2, 0.25) is 0 Å². The van der Waals surface area contributed by atoms with Crippen molar-refractivity contribution >= 4 is 0 Å². The van der Waals surface area contributed by atoms with Gasteiger partial charge in [0.1, 0.15) is 0 Å². The van der Waals surface area contributed by atoms with Crippen molar-refractivity contribution in [3.63, 3.8) is 0 Å². The van der Waals surface area contributed by atoms with Crippen LogP contribution in [0.25, 0.3) is 0 Å². The average Bonchev–Trinajstić information content (AvgIpc) is 2.79. The molecule has 2 rings (SSSR count). The molecule has 0 amide bonds. The minimum atomic E-state index is 0.587. The molecule has 1 heterocycles. The molecular weight excluding hydrogens is 186 g/mol. The van der Waals surface area contributed by atoms with E-state index in [1.807, 2.05) is 0 Å². The first-order valence-electron chi connectivity index (χ1n) is 6.69. The van der Waals surface area contributed by atoms with Crippen molar-refractivity contribution < 1.29 is 4.74 Å². The maximum Gasteiger partial charge on any atom is 0.0576 e. The minimum Gasteiger partial charge on any atom is -0.378 e. The summed E-state index contributed by atoms with van der Waals surface area (Å²) in [5.41, 5.74) is 0. The Morgan fingerprint density at radius 3 is 2.67 bits per heavy atom. The van der Waals surface area contributed by atoms with Gasteiger partial charge < -0.3 is 10.1 Å². The summed E-state index contributed by atoms with van der Waals surface area (Å²) >= 11 is 0. The highest BCUT2D eigenvalue weighted by atomic mass is 16.5. The van der Waals surface area contributed by atoms with Gasteiger partial charge in [-0.3, -0.25) is 0 Å². The fourth-order valence-corrected chi connectivity index (χ4v) is 3.21. The van der Waals surface area contributed by atoms with Crippen LogP contribution in [0.1, 0.15) is 51.4 Å². The van der Waals surface area contributed by atoms with Crippen LogP contribution in [0.5, 0.6) is 0 Å². The zero-order valence-corrected chi connectivity index (χ0v) is 10.0. The molecule has 1 N–H and O–H groups in total. The molecule has 0 aromatic rings. The van der Waals surface area contributed by atoms with E-state index in [0.717, 1.165) is 18.6 Å². The second kappa shape index (κ2) is 5.86. The molecule has 3 atom stereocenters. The lowest BCUT2D eigenvalue weighted by Crippen LogP contribution is -2.36. The Kier molecular flexibility index (Phi) is 4.45. The average molecular weight is 211 g/mol. The van der Waals surface area contributed by atoms with Gasteiger partial charge in [-0.25, -0.2) is 0 Å². The van der Waals surface area contributed by atoms with Crippen LogP contribution in [0.15, 0.2) is 0 Å². The summed E-state index contributed by atoms with van der Waals surface area (Å²) < 4.78 is 5.69. The SMILES string of the molecule is CNC1CCCCC1CCC1CCCO1. The second-order valence-electron chi connectivity index (χ2n) is 5.15. The Morgan fingerprint density at radius 2 is 1.93 bits per heavy atom. The highest BCUT2D eigenvalue weighted by Crippen LogP contribution is 2.30. The third-order valence-corrected chi connectivity index (χ3v) is 4.16. The van der Waals surface area contributed by atoms with Gasteiger partial charge in [-0.15, -0.1) is 0 Å². The summed E-state index contributed by atoms with van der Waals surface area (Å²) in [6.45, 7) is 1.00. The summed E-state index contributed by atoms with van der Waals surface area (Å²) in [5, 5.41) is 3.49. The molecule has 0 radical (unpaired) electrons. The van der Waals surface area contributed by atoms with E-state index in [1.165, 1.54) is 51.4 Å². The van der Waals surface area contributed by atoms with Crippen molar-refractivity contribution in [2.24, 2.45) is 5.92 Å². The first-order valence-corrected chi connectivity index (χ1v) is 6.69. The summed E-state index contributed by atoms with van der Waals surface area (Å²) in [6, 6.07) is 0.778. The molecule has 1 aliphatic heterocycles. The van der Waals surface area contributed by atoms with Crippen LogP contribution in [0.3, 0.4) is 0 Å². The first kappa shape index (κ1) is 11.4. The van der Waals surface area contributed by atoms with Crippen molar-refractivity contribution in [3.05, 3.63) is 0 Å². The maximum absolute atomic E-state index is 5.69. The highest BCUT2D eigenvalue weighted by molar-refractivity contribution is 4.81. The van der Waals surface area contributed by atoms with E-state index in [9.17, 15) is 0 Å². The van der Waals surface area contributed by atoms with Crippen LogP contribution in [-0.2, 0) is 4.74 Å². The first-order chi connectivity index (χ1) is 7.40. The number of rotatable bonds is 4. The van der Waals surface area contributed by atoms with E-state index < -0.39 is 0 Å². The van der Waals surface area contributed by atoms with Crippen LogP contribution >= 0.6 is 0 Å². The molecule has 3 unspecified atom stereocenters. The van der Waals surface area contributed by atoms with Crippen molar-refractivity contribution in [1.29, 1.82) is 0 Å². The molecule has 2 fully saturated rings. The van der Waals surface area contributed by atoms with E-state index in [-0.39, 0.29) is 0 Å². The molecule has 2 nitrogen and oxygen atoms in total. The normalized spacial score (nSPS) is 37.0. The fourth-order valence-electron chi connectivity index (χ4n) is 3.21. The van der Waals surface area contributed by atoms with E-state index in [0.29, 0.717) is 6.10 Å². The Bertz CT molecular complexity index is 177. The number of ether oxygens (including phenoxy) is 1. The van der Waals surface area contributed by atoms with Gasteiger partial charge >= 0.3 is 0 Å². The molecule has 15 heavy (non-hydrogen) atoms. The van der Waals surface area contributed by atoms with Crippen LogP contribution in [0.4, 0.5) is 0 Å². The van der Waals surface area contributed by atoms with Gasteiger partial charge in [0.05, 0.1) is 6.10 Å². The van der Waals surface area contributed by atoms with Crippen LogP contribution in [0, 0.1) is 5.92 Å². The third kappa shape index (κ3) is 3.18. The molecule has 88 valence electrons. The van der Waals surface area contributed by atoms with Crippen LogP contribution in [-0.4, -0.2) is 25.8 Å². The zero-order chi connectivity index (χ0) is 10.5. The van der Waals surface area contributed by atoms with Gasteiger partial charge in [0.25, 0.3) is 0 Å². The topological polar surface area (TPSA) is 21.3 Å². The van der Waals surface area contributed by atoms with E-state index in [2.05, 4.69) is 12.4 Å². The van der Waals surface area contributed by atoms with Crippen molar-refractivity contribution in [2.75, 3.05) is 13.7 Å². The number of hydrogen-bond acceptors (Lipinski definition) is 2. The third-order valence-electron chi connectivity index (χ3n) is 4.16. The van der Waals surface area contributed by atoms with Gasteiger partial charge in [-0.1, -0.05) is 12.8 Å². The maximum atomic E-state index is 5.69. The van der Waals surface area contributed by atoms with Crippen molar-refractivity contribution in [3.8, 4) is 0 Å². The Balaban J connectivity index is 1.71. The van der Waals surface area contributed by atoms with Gasteiger partial charge in [0.15, 0.2) is 0 Å². The van der Waals surface area contributed by atoms with Gasteiger partial charge in [0, 0.05) is 12.6 Å². The monoisotopic (exact) mass is 211 g/mol. The molecule has 1 saturated heterocycles. The molecule has 0 spiro atoms. The van der Waals surface area contributed by atoms with Crippen molar-refractivity contribution in [1.82, 2.24) is 5.32 Å². The molecule has 0 bridgehead atoms. The van der Waals surface area contributed by atoms with Gasteiger partial charge in [-0.05, 0) is 51.5 Å². The van der Waals surface area contributed by atoms with E-state index in [4.69, 9.17) is 4.74 Å². The lowest BCUT2D eigenvalue weighted by Gasteiger charge is -2.31. The fraction of sp³-hybridized carbons (Fsp3) is 1.00. The quantitative estimate of drug-likeness (QED) is 0.772. The predicted octanol–water partition coefficient (Wildman–Crippen LogP) is 2.72. The van der Waals surface area contributed by atoms with Crippen molar-refractivity contribution in [2.45, 2.75) is 63.5 Å². The number of hydrogen-bond donors (Lipinski definition) is 1. The molecule has 2 aliphatic rings. The second-order valence-corrected chi connectivity index (χ2v) is 5.15. The summed E-state index contributed by atoms with van der Waals surface area (Å²) in [5.74, 6) is 0.910. The minimum absolute atomic E-state index is 0.587. The van der Waals surface area contributed by atoms with Crippen LogP contribution < -0.4 is 5.32 Å². The molecule has 1 saturated carbocycles. The summed E-state index contributed by atoms with van der Waals surface area (Å²) in [7, 11) is 2.12. The molecular formula is C13H25NO. The number of nitrogens with one attached hydrogen (secondary N) is 1. The largest absolute Gasteiger partial charge is 0.378 e. The van der Waals surface area contributed by atoms with E-state index in [1.54, 1.807) is 0 Å². The molecule has 0 aromatic heterocycles. The van der Waals surface area contributed by atoms with Crippen LogP contribution in [0.2, 0.25) is 0 Å². The Labute approximate surface area is 93.8 Å².